The number of hydrogen-bond donors (Lipinski definition) is 2. The number of rotatable bonds is 6. The van der Waals surface area contributed by atoms with E-state index in [1.807, 2.05) is 38.7 Å². The van der Waals surface area contributed by atoms with E-state index in [9.17, 15) is 4.79 Å². The third kappa shape index (κ3) is 4.14. The Hall–Kier alpha value is -1.36. The van der Waals surface area contributed by atoms with Crippen molar-refractivity contribution in [2.24, 2.45) is 13.0 Å². The average Bonchev–Trinajstić information content (AvgIpc) is 2.63. The number of aryl methyl sites for hydroxylation is 2. The van der Waals surface area contributed by atoms with Gasteiger partial charge in [-0.1, -0.05) is 13.8 Å². The van der Waals surface area contributed by atoms with Crippen LogP contribution in [0.1, 0.15) is 38.1 Å². The summed E-state index contributed by atoms with van der Waals surface area (Å²) < 4.78 is 1.82. The Morgan fingerprint density at radius 1 is 1.39 bits per heavy atom. The van der Waals surface area contributed by atoms with Crippen LogP contribution < -0.4 is 10.6 Å². The highest BCUT2D eigenvalue weighted by molar-refractivity contribution is 5.77. The second kappa shape index (κ2) is 6.54. The van der Waals surface area contributed by atoms with Gasteiger partial charge in [0.25, 0.3) is 0 Å². The normalized spacial score (nSPS) is 12.8. The van der Waals surface area contributed by atoms with E-state index in [1.165, 1.54) is 5.56 Å². The van der Waals surface area contributed by atoms with Crippen molar-refractivity contribution in [1.29, 1.82) is 0 Å². The summed E-state index contributed by atoms with van der Waals surface area (Å²) in [5, 5.41) is 10.6. The lowest BCUT2D eigenvalue weighted by Crippen LogP contribution is -2.35. The van der Waals surface area contributed by atoms with Crippen molar-refractivity contribution in [1.82, 2.24) is 20.4 Å². The molecule has 5 heteroatoms. The molecule has 2 N–H and O–H groups in total. The van der Waals surface area contributed by atoms with E-state index >= 15 is 0 Å². The van der Waals surface area contributed by atoms with Crippen molar-refractivity contribution in [3.8, 4) is 0 Å². The number of hydrogen-bond acceptors (Lipinski definition) is 3. The van der Waals surface area contributed by atoms with Gasteiger partial charge in [0.1, 0.15) is 0 Å². The lowest BCUT2D eigenvalue weighted by Gasteiger charge is -2.14. The van der Waals surface area contributed by atoms with Gasteiger partial charge in [-0.2, -0.15) is 5.10 Å². The molecule has 0 aliphatic carbocycles. The zero-order valence-electron chi connectivity index (χ0n) is 11.9. The van der Waals surface area contributed by atoms with Gasteiger partial charge in [0.2, 0.25) is 5.91 Å². The minimum Gasteiger partial charge on any atom is -0.355 e. The van der Waals surface area contributed by atoms with Gasteiger partial charge in [0, 0.05) is 43.9 Å². The van der Waals surface area contributed by atoms with Gasteiger partial charge in [-0.15, -0.1) is 0 Å². The SMILES string of the molecule is Cc1nn(C)cc1C(C)NCCNC(=O)C(C)C. The summed E-state index contributed by atoms with van der Waals surface area (Å²) in [7, 11) is 1.92. The predicted octanol–water partition coefficient (Wildman–Crippen LogP) is 1.15. The molecule has 0 aliphatic heterocycles. The fourth-order valence-electron chi connectivity index (χ4n) is 1.83. The summed E-state index contributed by atoms with van der Waals surface area (Å²) in [5.74, 6) is 0.144. The Kier molecular flexibility index (Phi) is 5.34. The molecule has 0 fully saturated rings. The molecule has 1 aromatic heterocycles. The van der Waals surface area contributed by atoms with Crippen LogP contribution in [0.25, 0.3) is 0 Å². The number of nitrogens with zero attached hydrogens (tertiary/aromatic N) is 2. The molecule has 0 bridgehead atoms. The van der Waals surface area contributed by atoms with Crippen molar-refractivity contribution in [3.05, 3.63) is 17.5 Å². The van der Waals surface area contributed by atoms with Gasteiger partial charge in [-0.25, -0.2) is 0 Å². The second-order valence-corrected chi connectivity index (χ2v) is 4.97. The van der Waals surface area contributed by atoms with Crippen LogP contribution in [0.15, 0.2) is 6.20 Å². The van der Waals surface area contributed by atoms with Crippen molar-refractivity contribution in [2.45, 2.75) is 33.7 Å². The molecular formula is C13H24N4O. The molecule has 1 atom stereocenters. The average molecular weight is 252 g/mol. The fourth-order valence-corrected chi connectivity index (χ4v) is 1.83. The highest BCUT2D eigenvalue weighted by atomic mass is 16.1. The topological polar surface area (TPSA) is 59.0 Å². The number of amides is 1. The summed E-state index contributed by atoms with van der Waals surface area (Å²) in [6, 6.07) is 0.245. The summed E-state index contributed by atoms with van der Waals surface area (Å²) in [5.41, 5.74) is 2.25. The van der Waals surface area contributed by atoms with Gasteiger partial charge >= 0.3 is 0 Å². The minimum absolute atomic E-state index is 0.0444. The first kappa shape index (κ1) is 14.7. The van der Waals surface area contributed by atoms with Crippen molar-refractivity contribution < 1.29 is 4.79 Å². The summed E-state index contributed by atoms with van der Waals surface area (Å²) in [6.45, 7) is 9.31. The maximum atomic E-state index is 11.4. The van der Waals surface area contributed by atoms with Gasteiger partial charge in [0.05, 0.1) is 5.69 Å². The molecule has 1 rings (SSSR count). The van der Waals surface area contributed by atoms with Crippen LogP contribution in [0.4, 0.5) is 0 Å². The Labute approximate surface area is 109 Å². The Morgan fingerprint density at radius 3 is 2.56 bits per heavy atom. The monoisotopic (exact) mass is 252 g/mol. The van der Waals surface area contributed by atoms with Crippen LogP contribution in [0.2, 0.25) is 0 Å². The highest BCUT2D eigenvalue weighted by Gasteiger charge is 2.11. The van der Waals surface area contributed by atoms with E-state index in [4.69, 9.17) is 0 Å². The smallest absolute Gasteiger partial charge is 0.222 e. The predicted molar refractivity (Wildman–Crippen MR) is 72.2 cm³/mol. The Morgan fingerprint density at radius 2 is 2.06 bits per heavy atom. The third-order valence-corrected chi connectivity index (χ3v) is 2.92. The summed E-state index contributed by atoms with van der Waals surface area (Å²) in [6.07, 6.45) is 2.03. The van der Waals surface area contributed by atoms with Crippen LogP contribution >= 0.6 is 0 Å². The Bertz CT molecular complexity index is 398. The van der Waals surface area contributed by atoms with E-state index in [0.29, 0.717) is 6.54 Å². The van der Waals surface area contributed by atoms with E-state index in [0.717, 1.165) is 12.2 Å². The van der Waals surface area contributed by atoms with Crippen molar-refractivity contribution in [2.75, 3.05) is 13.1 Å². The van der Waals surface area contributed by atoms with Gasteiger partial charge in [0.15, 0.2) is 0 Å². The molecule has 0 radical (unpaired) electrons. The largest absolute Gasteiger partial charge is 0.355 e. The lowest BCUT2D eigenvalue weighted by molar-refractivity contribution is -0.123. The molecular weight excluding hydrogens is 228 g/mol. The molecule has 18 heavy (non-hydrogen) atoms. The lowest BCUT2D eigenvalue weighted by atomic mass is 10.1. The summed E-state index contributed by atoms with van der Waals surface area (Å²) >= 11 is 0. The summed E-state index contributed by atoms with van der Waals surface area (Å²) in [4.78, 5) is 11.4. The molecule has 1 aromatic rings. The molecule has 0 aliphatic rings. The van der Waals surface area contributed by atoms with E-state index in [1.54, 1.807) is 0 Å². The van der Waals surface area contributed by atoms with Crippen LogP contribution in [0, 0.1) is 12.8 Å². The van der Waals surface area contributed by atoms with Crippen molar-refractivity contribution in [3.63, 3.8) is 0 Å². The van der Waals surface area contributed by atoms with Crippen LogP contribution in [-0.4, -0.2) is 28.8 Å². The number of nitrogens with one attached hydrogen (secondary N) is 2. The molecule has 0 saturated heterocycles. The first-order valence-electron chi connectivity index (χ1n) is 6.43. The molecule has 1 heterocycles. The van der Waals surface area contributed by atoms with Crippen LogP contribution in [0.3, 0.4) is 0 Å². The Balaban J connectivity index is 2.32. The first-order valence-corrected chi connectivity index (χ1v) is 6.43. The first-order chi connectivity index (χ1) is 8.41. The maximum Gasteiger partial charge on any atom is 0.222 e. The molecule has 0 aromatic carbocycles. The van der Waals surface area contributed by atoms with Gasteiger partial charge in [-0.05, 0) is 13.8 Å². The molecule has 5 nitrogen and oxygen atoms in total. The number of carbonyl (C=O) groups is 1. The van der Waals surface area contributed by atoms with E-state index in [-0.39, 0.29) is 17.9 Å². The molecule has 1 amide bonds. The maximum absolute atomic E-state index is 11.4. The van der Waals surface area contributed by atoms with E-state index < -0.39 is 0 Å². The zero-order valence-corrected chi connectivity index (χ0v) is 11.9. The second-order valence-electron chi connectivity index (χ2n) is 4.97. The quantitative estimate of drug-likeness (QED) is 0.747. The number of aromatic nitrogens is 2. The highest BCUT2D eigenvalue weighted by Crippen LogP contribution is 2.14. The number of carbonyl (C=O) groups excluding carboxylic acids is 1. The minimum atomic E-state index is 0.0444. The molecule has 1 unspecified atom stereocenters. The van der Waals surface area contributed by atoms with Gasteiger partial charge < -0.3 is 10.6 Å². The molecule has 0 spiro atoms. The van der Waals surface area contributed by atoms with Gasteiger partial charge in [-0.3, -0.25) is 9.48 Å². The fraction of sp³-hybridized carbons (Fsp3) is 0.692. The molecule has 0 saturated carbocycles. The van der Waals surface area contributed by atoms with Crippen molar-refractivity contribution >= 4 is 5.91 Å². The zero-order chi connectivity index (χ0) is 13.7. The van der Waals surface area contributed by atoms with Crippen LogP contribution in [-0.2, 0) is 11.8 Å². The standard InChI is InChI=1S/C13H24N4O/c1-9(2)13(18)15-7-6-14-10(3)12-8-17(5)16-11(12)4/h8-10,14H,6-7H2,1-5H3,(H,15,18). The van der Waals surface area contributed by atoms with Crippen LogP contribution in [0.5, 0.6) is 0 Å². The van der Waals surface area contributed by atoms with E-state index in [2.05, 4.69) is 22.7 Å². The molecule has 102 valence electrons. The third-order valence-electron chi connectivity index (χ3n) is 2.92.